The van der Waals surface area contributed by atoms with Crippen LogP contribution in [0.25, 0.3) is 0 Å². The molecular formula is C20H26F3N3O. The number of rotatable bonds is 4. The third-order valence-corrected chi connectivity index (χ3v) is 6.10. The van der Waals surface area contributed by atoms with Crippen molar-refractivity contribution >= 4 is 5.96 Å². The van der Waals surface area contributed by atoms with Crippen LogP contribution in [0.2, 0.25) is 0 Å². The third-order valence-electron chi connectivity index (χ3n) is 6.10. The maximum absolute atomic E-state index is 13.0. The Morgan fingerprint density at radius 3 is 2.74 bits per heavy atom. The fourth-order valence-electron chi connectivity index (χ4n) is 4.13. The van der Waals surface area contributed by atoms with Crippen molar-refractivity contribution < 1.29 is 17.9 Å². The number of aliphatic imine (C=N–C) groups is 1. The lowest BCUT2D eigenvalue weighted by atomic mass is 10.0. The first-order chi connectivity index (χ1) is 12.9. The predicted molar refractivity (Wildman–Crippen MR) is 97.5 cm³/mol. The third kappa shape index (κ3) is 4.08. The molecule has 4 nitrogen and oxygen atoms in total. The predicted octanol–water partition coefficient (Wildman–Crippen LogP) is 3.84. The largest absolute Gasteiger partial charge is 0.416 e. The van der Waals surface area contributed by atoms with Gasteiger partial charge in [0.05, 0.1) is 18.7 Å². The summed E-state index contributed by atoms with van der Waals surface area (Å²) in [7, 11) is 1.76. The molecular weight excluding hydrogens is 355 g/mol. The minimum Gasteiger partial charge on any atom is -0.370 e. The highest BCUT2D eigenvalue weighted by atomic mass is 19.4. The van der Waals surface area contributed by atoms with Crippen molar-refractivity contribution in [3.8, 4) is 0 Å². The summed E-state index contributed by atoms with van der Waals surface area (Å²) in [5, 5.41) is 3.51. The number of nitrogens with one attached hydrogen (secondary N) is 1. The molecule has 0 amide bonds. The summed E-state index contributed by atoms with van der Waals surface area (Å²) in [5.41, 5.74) is 0.382. The van der Waals surface area contributed by atoms with Crippen LogP contribution in [-0.4, -0.2) is 44.1 Å². The van der Waals surface area contributed by atoms with Gasteiger partial charge in [0, 0.05) is 20.1 Å². The van der Waals surface area contributed by atoms with Gasteiger partial charge < -0.3 is 15.0 Å². The highest BCUT2D eigenvalue weighted by Gasteiger charge is 2.53. The fourth-order valence-corrected chi connectivity index (χ4v) is 4.13. The summed E-state index contributed by atoms with van der Waals surface area (Å²) in [4.78, 5) is 6.50. The molecule has 1 saturated heterocycles. The van der Waals surface area contributed by atoms with Crippen LogP contribution in [0.15, 0.2) is 29.3 Å². The second kappa shape index (κ2) is 7.00. The molecule has 1 aromatic carbocycles. The van der Waals surface area contributed by atoms with Gasteiger partial charge in [-0.25, -0.2) is 0 Å². The van der Waals surface area contributed by atoms with Crippen molar-refractivity contribution in [3.63, 3.8) is 0 Å². The van der Waals surface area contributed by atoms with E-state index in [9.17, 15) is 13.2 Å². The zero-order valence-electron chi connectivity index (χ0n) is 15.6. The monoisotopic (exact) mass is 381 g/mol. The molecule has 1 aromatic rings. The second-order valence-electron chi connectivity index (χ2n) is 7.97. The Kier molecular flexibility index (Phi) is 4.82. The summed E-state index contributed by atoms with van der Waals surface area (Å²) in [6.45, 7) is 2.59. The van der Waals surface area contributed by atoms with E-state index in [1.54, 1.807) is 13.1 Å². The molecule has 0 radical (unpaired) electrons. The maximum Gasteiger partial charge on any atom is 0.416 e. The second-order valence-corrected chi connectivity index (χ2v) is 7.97. The van der Waals surface area contributed by atoms with Gasteiger partial charge in [-0.1, -0.05) is 12.1 Å². The normalized spacial score (nSPS) is 25.4. The summed E-state index contributed by atoms with van der Waals surface area (Å²) >= 11 is 0. The van der Waals surface area contributed by atoms with E-state index in [0.29, 0.717) is 30.7 Å². The number of hydrogen-bond donors (Lipinski definition) is 1. The van der Waals surface area contributed by atoms with Gasteiger partial charge in [0.15, 0.2) is 5.96 Å². The highest BCUT2D eigenvalue weighted by Crippen LogP contribution is 2.60. The van der Waals surface area contributed by atoms with Crippen molar-refractivity contribution in [1.29, 1.82) is 0 Å². The molecule has 0 aromatic heterocycles. The smallest absolute Gasteiger partial charge is 0.370 e. The lowest BCUT2D eigenvalue weighted by molar-refractivity contribution is -0.137. The molecule has 3 aliphatic rings. The molecule has 1 aliphatic heterocycles. The summed E-state index contributed by atoms with van der Waals surface area (Å²) < 4.78 is 44.8. The Balaban J connectivity index is 1.41. The molecule has 1 N–H and O–H groups in total. The van der Waals surface area contributed by atoms with E-state index in [-0.39, 0.29) is 0 Å². The molecule has 0 bridgehead atoms. The van der Waals surface area contributed by atoms with Gasteiger partial charge in [0.1, 0.15) is 6.10 Å². The lowest BCUT2D eigenvalue weighted by Crippen LogP contribution is -2.49. The van der Waals surface area contributed by atoms with Crippen LogP contribution < -0.4 is 5.32 Å². The molecule has 4 rings (SSSR count). The topological polar surface area (TPSA) is 36.9 Å². The van der Waals surface area contributed by atoms with Gasteiger partial charge in [0.2, 0.25) is 0 Å². The summed E-state index contributed by atoms with van der Waals surface area (Å²) in [6.07, 6.45) is 0.529. The van der Waals surface area contributed by atoms with Crippen LogP contribution in [0.5, 0.6) is 0 Å². The fraction of sp³-hybridized carbons (Fsp3) is 0.650. The van der Waals surface area contributed by atoms with Crippen LogP contribution >= 0.6 is 0 Å². The molecule has 3 fully saturated rings. The molecule has 0 spiro atoms. The lowest BCUT2D eigenvalue weighted by Gasteiger charge is -2.36. The quantitative estimate of drug-likeness (QED) is 0.636. The van der Waals surface area contributed by atoms with Crippen LogP contribution in [0.1, 0.15) is 42.9 Å². The number of morpholine rings is 1. The van der Waals surface area contributed by atoms with Gasteiger partial charge in [-0.3, -0.25) is 4.99 Å². The first-order valence-electron chi connectivity index (χ1n) is 9.66. The number of alkyl halides is 3. The van der Waals surface area contributed by atoms with E-state index in [1.807, 2.05) is 0 Å². The van der Waals surface area contributed by atoms with Crippen LogP contribution in [0, 0.1) is 11.3 Å². The SMILES string of the molecule is CN=C(NCC1(C2CC2)CC1)N1CCOC(c2cccc(C(F)(F)F)c2)C1. The van der Waals surface area contributed by atoms with Gasteiger partial charge in [-0.2, -0.15) is 13.2 Å². The maximum atomic E-state index is 13.0. The van der Waals surface area contributed by atoms with Gasteiger partial charge in [-0.15, -0.1) is 0 Å². The number of halogens is 3. The number of hydrogen-bond acceptors (Lipinski definition) is 2. The van der Waals surface area contributed by atoms with Gasteiger partial charge in [0.25, 0.3) is 0 Å². The molecule has 2 saturated carbocycles. The molecule has 27 heavy (non-hydrogen) atoms. The minimum absolute atomic E-state index is 0.391. The zero-order valence-corrected chi connectivity index (χ0v) is 15.6. The standard InChI is InChI=1S/C20H26F3N3O/c1-24-18(25-13-19(7-8-19)15-5-6-15)26-9-10-27-17(12-26)14-3-2-4-16(11-14)20(21,22)23/h2-4,11,15,17H,5-10,12-13H2,1H3,(H,24,25). The summed E-state index contributed by atoms with van der Waals surface area (Å²) in [6, 6.07) is 5.43. The average Bonchev–Trinajstić information content (AvgIpc) is 3.55. The van der Waals surface area contributed by atoms with Crippen molar-refractivity contribution in [2.75, 3.05) is 33.3 Å². The van der Waals surface area contributed by atoms with E-state index < -0.39 is 17.8 Å². The van der Waals surface area contributed by atoms with Crippen molar-refractivity contribution in [2.45, 2.75) is 38.0 Å². The van der Waals surface area contributed by atoms with E-state index in [4.69, 9.17) is 4.74 Å². The molecule has 2 aliphatic carbocycles. The number of nitrogens with zero attached hydrogens (tertiary/aromatic N) is 2. The van der Waals surface area contributed by atoms with Crippen LogP contribution in [0.3, 0.4) is 0 Å². The Bertz CT molecular complexity index is 711. The summed E-state index contributed by atoms with van der Waals surface area (Å²) in [5.74, 6) is 1.69. The van der Waals surface area contributed by atoms with E-state index in [1.165, 1.54) is 37.8 Å². The number of guanidine groups is 1. The van der Waals surface area contributed by atoms with Gasteiger partial charge in [-0.05, 0) is 54.7 Å². The van der Waals surface area contributed by atoms with E-state index in [0.717, 1.165) is 24.5 Å². The Morgan fingerprint density at radius 2 is 2.11 bits per heavy atom. The first kappa shape index (κ1) is 18.6. The Labute approximate surface area is 157 Å². The first-order valence-corrected chi connectivity index (χ1v) is 9.66. The minimum atomic E-state index is -4.34. The van der Waals surface area contributed by atoms with Crippen LogP contribution in [-0.2, 0) is 10.9 Å². The molecule has 1 heterocycles. The Hall–Kier alpha value is -1.76. The van der Waals surface area contributed by atoms with Crippen molar-refractivity contribution in [3.05, 3.63) is 35.4 Å². The number of benzene rings is 1. The van der Waals surface area contributed by atoms with Crippen molar-refractivity contribution in [2.24, 2.45) is 16.3 Å². The van der Waals surface area contributed by atoms with Crippen molar-refractivity contribution in [1.82, 2.24) is 10.2 Å². The highest BCUT2D eigenvalue weighted by molar-refractivity contribution is 5.80. The van der Waals surface area contributed by atoms with Gasteiger partial charge >= 0.3 is 6.18 Å². The molecule has 7 heteroatoms. The molecule has 1 unspecified atom stereocenters. The van der Waals surface area contributed by atoms with E-state index >= 15 is 0 Å². The average molecular weight is 381 g/mol. The Morgan fingerprint density at radius 1 is 1.33 bits per heavy atom. The van der Waals surface area contributed by atoms with E-state index in [2.05, 4.69) is 15.2 Å². The molecule has 1 atom stereocenters. The number of ether oxygens (including phenoxy) is 1. The van der Waals surface area contributed by atoms with Crippen LogP contribution in [0.4, 0.5) is 13.2 Å². The zero-order chi connectivity index (χ0) is 19.1. The molecule has 148 valence electrons.